The number of nitrogens with zero attached hydrogens (tertiary/aromatic N) is 1. The number of hydrogen-bond acceptors (Lipinski definition) is 6. The van der Waals surface area contributed by atoms with Crippen molar-refractivity contribution < 1.29 is 28.2 Å². The molecule has 6 nitrogen and oxygen atoms in total. The molecular formula is C32H30FNO5S. The summed E-state index contributed by atoms with van der Waals surface area (Å²) < 4.78 is 30.9. The number of thiophene rings is 1. The number of benzene rings is 2. The Hall–Kier alpha value is -4.17. The van der Waals surface area contributed by atoms with Gasteiger partial charge in [0, 0.05) is 23.3 Å². The van der Waals surface area contributed by atoms with Crippen molar-refractivity contribution in [2.45, 2.75) is 38.7 Å². The van der Waals surface area contributed by atoms with E-state index in [4.69, 9.17) is 18.9 Å². The molecule has 1 aliphatic carbocycles. The minimum Gasteiger partial charge on any atom is -0.494 e. The number of carboxylic acid groups (broad SMARTS) is 1. The van der Waals surface area contributed by atoms with E-state index < -0.39 is 17.4 Å². The normalized spacial score (nSPS) is 16.3. The van der Waals surface area contributed by atoms with E-state index in [0.717, 1.165) is 22.8 Å². The van der Waals surface area contributed by atoms with Crippen LogP contribution >= 0.6 is 11.3 Å². The minimum atomic E-state index is -1.45. The van der Waals surface area contributed by atoms with E-state index in [1.54, 1.807) is 11.3 Å². The number of oxazole rings is 1. The summed E-state index contributed by atoms with van der Waals surface area (Å²) in [5, 5.41) is 11.9. The standard InChI is InChI=1S/C32H30FNO5S/c1-21-28(34-30(38-21)24-9-7-23(8-10-24)29-4-3-19-40-29)17-18-37-26-13-5-22(6-14-26)20-32(2,31(35)36)39-27-15-11-25(33)12-16-27/h3-5,7-16,19,22H,6,17-18,20H2,1-2H3,(H,35,36). The van der Waals surface area contributed by atoms with Crippen molar-refractivity contribution in [3.63, 3.8) is 0 Å². The first-order chi connectivity index (χ1) is 19.3. The SMILES string of the molecule is Cc1oc(-c2ccc(-c3cccs3)cc2)nc1CCOC1=CCC(CC(C)(Oc2ccc(F)cc2)C(=O)O)C=C1. The highest BCUT2D eigenvalue weighted by Gasteiger charge is 2.38. The highest BCUT2D eigenvalue weighted by Crippen LogP contribution is 2.31. The smallest absolute Gasteiger partial charge is 0.347 e. The Morgan fingerprint density at radius 2 is 1.90 bits per heavy atom. The number of carbonyl (C=O) groups is 1. The van der Waals surface area contributed by atoms with Crippen molar-refractivity contribution >= 4 is 17.3 Å². The molecule has 0 spiro atoms. The van der Waals surface area contributed by atoms with Crippen LogP contribution < -0.4 is 4.74 Å². The van der Waals surface area contributed by atoms with Crippen molar-refractivity contribution in [3.8, 4) is 27.6 Å². The largest absolute Gasteiger partial charge is 0.494 e. The third-order valence-corrected chi connectivity index (χ3v) is 7.77. The van der Waals surface area contributed by atoms with E-state index >= 15 is 0 Å². The molecule has 2 heterocycles. The molecule has 0 fully saturated rings. The zero-order chi connectivity index (χ0) is 28.1. The van der Waals surface area contributed by atoms with Crippen LogP contribution in [-0.4, -0.2) is 28.3 Å². The summed E-state index contributed by atoms with van der Waals surface area (Å²) >= 11 is 1.71. The average Bonchev–Trinajstić information content (AvgIpc) is 3.62. The van der Waals surface area contributed by atoms with Gasteiger partial charge >= 0.3 is 5.97 Å². The molecule has 40 heavy (non-hydrogen) atoms. The highest BCUT2D eigenvalue weighted by atomic mass is 32.1. The van der Waals surface area contributed by atoms with Crippen LogP contribution in [0.5, 0.6) is 5.75 Å². The van der Waals surface area contributed by atoms with Crippen LogP contribution in [0.3, 0.4) is 0 Å². The van der Waals surface area contributed by atoms with E-state index in [1.165, 1.54) is 41.6 Å². The monoisotopic (exact) mass is 559 g/mol. The van der Waals surface area contributed by atoms with Crippen LogP contribution in [0, 0.1) is 18.7 Å². The second-order valence-electron chi connectivity index (χ2n) is 9.93. The zero-order valence-electron chi connectivity index (χ0n) is 22.3. The maximum atomic E-state index is 13.2. The number of aromatic nitrogens is 1. The number of aliphatic carboxylic acids is 1. The van der Waals surface area contributed by atoms with Gasteiger partial charge in [0.05, 0.1) is 12.3 Å². The summed E-state index contributed by atoms with van der Waals surface area (Å²) in [7, 11) is 0. The number of allylic oxidation sites excluding steroid dienone is 3. The van der Waals surface area contributed by atoms with Crippen LogP contribution in [-0.2, 0) is 16.0 Å². The van der Waals surface area contributed by atoms with Crippen LogP contribution in [0.4, 0.5) is 4.39 Å². The molecular weight excluding hydrogens is 529 g/mol. The molecule has 2 aromatic heterocycles. The molecule has 1 N–H and O–H groups in total. The molecule has 206 valence electrons. The third-order valence-electron chi connectivity index (χ3n) is 6.85. The van der Waals surface area contributed by atoms with E-state index in [-0.39, 0.29) is 12.3 Å². The van der Waals surface area contributed by atoms with Gasteiger partial charge in [0.1, 0.15) is 23.1 Å². The molecule has 8 heteroatoms. The second-order valence-corrected chi connectivity index (χ2v) is 10.9. The molecule has 0 aliphatic heterocycles. The van der Waals surface area contributed by atoms with Crippen molar-refractivity contribution in [2.24, 2.45) is 5.92 Å². The summed E-state index contributed by atoms with van der Waals surface area (Å²) in [5.74, 6) is 0.886. The van der Waals surface area contributed by atoms with Gasteiger partial charge in [0.15, 0.2) is 0 Å². The first kappa shape index (κ1) is 27.4. The van der Waals surface area contributed by atoms with Gasteiger partial charge in [0.25, 0.3) is 0 Å². The molecule has 0 bridgehead atoms. The number of halogens is 1. The predicted molar refractivity (Wildman–Crippen MR) is 153 cm³/mol. The molecule has 2 aromatic carbocycles. The Morgan fingerprint density at radius 1 is 1.15 bits per heavy atom. The maximum absolute atomic E-state index is 13.2. The lowest BCUT2D eigenvalue weighted by Gasteiger charge is -2.30. The lowest BCUT2D eigenvalue weighted by Crippen LogP contribution is -2.43. The molecule has 4 aromatic rings. The van der Waals surface area contributed by atoms with Crippen molar-refractivity contribution in [2.75, 3.05) is 6.61 Å². The first-order valence-corrected chi connectivity index (χ1v) is 14.0. The summed E-state index contributed by atoms with van der Waals surface area (Å²) in [6.45, 7) is 3.88. The van der Waals surface area contributed by atoms with Gasteiger partial charge < -0.3 is 19.0 Å². The molecule has 0 saturated heterocycles. The number of hydrogen-bond donors (Lipinski definition) is 1. The van der Waals surface area contributed by atoms with E-state index in [2.05, 4.69) is 23.6 Å². The quantitative estimate of drug-likeness (QED) is 0.202. The fourth-order valence-electron chi connectivity index (χ4n) is 4.61. The number of ether oxygens (including phenoxy) is 2. The Kier molecular flexibility index (Phi) is 8.16. The van der Waals surface area contributed by atoms with Gasteiger partial charge in [-0.3, -0.25) is 0 Å². The van der Waals surface area contributed by atoms with Crippen molar-refractivity contribution in [1.29, 1.82) is 0 Å². The summed E-state index contributed by atoms with van der Waals surface area (Å²) in [6.07, 6.45) is 7.25. The highest BCUT2D eigenvalue weighted by molar-refractivity contribution is 7.13. The summed E-state index contributed by atoms with van der Waals surface area (Å²) in [5.41, 5.74) is 1.49. The molecule has 0 saturated carbocycles. The number of aryl methyl sites for hydroxylation is 1. The Labute approximate surface area is 236 Å². The van der Waals surface area contributed by atoms with Crippen LogP contribution in [0.2, 0.25) is 0 Å². The molecule has 2 unspecified atom stereocenters. The van der Waals surface area contributed by atoms with Gasteiger partial charge in [-0.25, -0.2) is 14.2 Å². The van der Waals surface area contributed by atoms with E-state index in [0.29, 0.717) is 31.1 Å². The van der Waals surface area contributed by atoms with Gasteiger partial charge in [0.2, 0.25) is 11.5 Å². The molecule has 5 rings (SSSR count). The Bertz CT molecular complexity index is 1510. The summed E-state index contributed by atoms with van der Waals surface area (Å²) in [4.78, 5) is 17.9. The van der Waals surface area contributed by atoms with Crippen LogP contribution in [0.25, 0.3) is 21.9 Å². The third kappa shape index (κ3) is 6.51. The average molecular weight is 560 g/mol. The fraction of sp³-hybridized carbons (Fsp3) is 0.250. The van der Waals surface area contributed by atoms with Gasteiger partial charge in [-0.15, -0.1) is 11.3 Å². The maximum Gasteiger partial charge on any atom is 0.347 e. The molecule has 2 atom stereocenters. The lowest BCUT2D eigenvalue weighted by molar-refractivity contribution is -0.155. The molecule has 1 aliphatic rings. The van der Waals surface area contributed by atoms with Gasteiger partial charge in [-0.05, 0) is 91.7 Å². The van der Waals surface area contributed by atoms with Gasteiger partial charge in [-0.2, -0.15) is 0 Å². The Balaban J connectivity index is 1.12. The number of rotatable bonds is 11. The molecule has 0 radical (unpaired) electrons. The van der Waals surface area contributed by atoms with Crippen molar-refractivity contribution in [3.05, 3.63) is 107 Å². The van der Waals surface area contributed by atoms with Crippen molar-refractivity contribution in [1.82, 2.24) is 4.98 Å². The molecule has 0 amide bonds. The van der Waals surface area contributed by atoms with E-state index in [9.17, 15) is 14.3 Å². The first-order valence-electron chi connectivity index (χ1n) is 13.1. The van der Waals surface area contributed by atoms with Crippen LogP contribution in [0.15, 0.2) is 94.4 Å². The Morgan fingerprint density at radius 3 is 2.55 bits per heavy atom. The zero-order valence-corrected chi connectivity index (χ0v) is 23.1. The minimum absolute atomic E-state index is 0.0413. The number of carboxylic acids is 1. The van der Waals surface area contributed by atoms with E-state index in [1.807, 2.05) is 43.4 Å². The van der Waals surface area contributed by atoms with Gasteiger partial charge in [-0.1, -0.05) is 24.3 Å². The second kappa shape index (κ2) is 11.9. The predicted octanol–water partition coefficient (Wildman–Crippen LogP) is 7.85. The topological polar surface area (TPSA) is 81.8 Å². The summed E-state index contributed by atoms with van der Waals surface area (Å²) in [6, 6.07) is 17.7. The fourth-order valence-corrected chi connectivity index (χ4v) is 5.34. The van der Waals surface area contributed by atoms with Crippen LogP contribution in [0.1, 0.15) is 31.2 Å². The lowest BCUT2D eigenvalue weighted by atomic mass is 9.87.